The van der Waals surface area contributed by atoms with Crippen molar-refractivity contribution in [1.82, 2.24) is 0 Å². The number of hydrogen-bond donors (Lipinski definition) is 1. The molecule has 0 spiro atoms. The van der Waals surface area contributed by atoms with Gasteiger partial charge >= 0.3 is 0 Å². The third kappa shape index (κ3) is 2.91. The van der Waals surface area contributed by atoms with Gasteiger partial charge in [0.1, 0.15) is 5.60 Å². The molecular weight excluding hydrogens is 226 g/mol. The van der Waals surface area contributed by atoms with Crippen molar-refractivity contribution in [2.45, 2.75) is 38.9 Å². The average Bonchev–Trinajstić information content (AvgIpc) is 2.39. The molecule has 1 aromatic carbocycles. The fraction of sp³-hybridized carbons (Fsp3) is 0.600. The van der Waals surface area contributed by atoms with Crippen LogP contribution in [0.15, 0.2) is 18.2 Å². The first kappa shape index (κ1) is 13.5. The Labute approximate surface area is 109 Å². The number of benzene rings is 1. The van der Waals surface area contributed by atoms with Gasteiger partial charge in [0.2, 0.25) is 0 Å². The van der Waals surface area contributed by atoms with Gasteiger partial charge in [0, 0.05) is 13.2 Å². The molecule has 3 heteroatoms. The molecule has 0 radical (unpaired) electrons. The van der Waals surface area contributed by atoms with Crippen molar-refractivity contribution in [3.05, 3.63) is 34.9 Å². The van der Waals surface area contributed by atoms with Gasteiger partial charge in [0.15, 0.2) is 0 Å². The predicted molar refractivity (Wildman–Crippen MR) is 72.5 cm³/mol. The largest absolute Gasteiger partial charge is 0.378 e. The van der Waals surface area contributed by atoms with Crippen LogP contribution in [0.1, 0.15) is 29.5 Å². The summed E-state index contributed by atoms with van der Waals surface area (Å²) in [6.45, 7) is 6.84. The van der Waals surface area contributed by atoms with Crippen LogP contribution in [-0.2, 0) is 16.1 Å². The Morgan fingerprint density at radius 2 is 2.06 bits per heavy atom. The quantitative estimate of drug-likeness (QED) is 0.890. The maximum Gasteiger partial charge on any atom is 0.104 e. The van der Waals surface area contributed by atoms with E-state index in [1.54, 1.807) is 0 Å². The molecular formula is C15H23NO2. The van der Waals surface area contributed by atoms with Crippen molar-refractivity contribution in [2.75, 3.05) is 19.8 Å². The second kappa shape index (κ2) is 5.83. The molecule has 0 aliphatic carbocycles. The van der Waals surface area contributed by atoms with Crippen LogP contribution in [0.5, 0.6) is 0 Å². The van der Waals surface area contributed by atoms with Crippen molar-refractivity contribution >= 4 is 0 Å². The van der Waals surface area contributed by atoms with Crippen LogP contribution in [0.3, 0.4) is 0 Å². The van der Waals surface area contributed by atoms with E-state index in [2.05, 4.69) is 32.0 Å². The molecule has 1 heterocycles. The summed E-state index contributed by atoms with van der Waals surface area (Å²) in [5.41, 5.74) is 9.42. The normalized spacial score (nSPS) is 24.2. The van der Waals surface area contributed by atoms with Gasteiger partial charge < -0.3 is 15.2 Å². The zero-order valence-corrected chi connectivity index (χ0v) is 11.4. The van der Waals surface area contributed by atoms with Crippen molar-refractivity contribution in [2.24, 2.45) is 5.73 Å². The lowest BCUT2D eigenvalue weighted by Gasteiger charge is -2.36. The molecule has 1 unspecified atom stereocenters. The van der Waals surface area contributed by atoms with Gasteiger partial charge in [-0.15, -0.1) is 0 Å². The minimum atomic E-state index is -0.285. The van der Waals surface area contributed by atoms with Crippen LogP contribution in [0.2, 0.25) is 0 Å². The zero-order valence-electron chi connectivity index (χ0n) is 11.4. The molecule has 0 aromatic heterocycles. The van der Waals surface area contributed by atoms with Crippen molar-refractivity contribution < 1.29 is 9.47 Å². The molecule has 2 N–H and O–H groups in total. The number of rotatable bonds is 4. The van der Waals surface area contributed by atoms with Gasteiger partial charge in [-0.25, -0.2) is 0 Å². The second-order valence-electron chi connectivity index (χ2n) is 5.20. The van der Waals surface area contributed by atoms with Gasteiger partial charge in [-0.3, -0.25) is 0 Å². The Kier molecular flexibility index (Phi) is 4.38. The van der Waals surface area contributed by atoms with Gasteiger partial charge in [-0.05, 0) is 43.4 Å². The molecule has 0 saturated carbocycles. The Bertz CT molecular complexity index is 377. The summed E-state index contributed by atoms with van der Waals surface area (Å²) in [5.74, 6) is 0. The van der Waals surface area contributed by atoms with E-state index in [1.807, 2.05) is 0 Å². The van der Waals surface area contributed by atoms with Gasteiger partial charge in [0.25, 0.3) is 0 Å². The standard InChI is InChI=1S/C15H23NO2/c1-12-5-3-6-13(2)14(12)9-18-15(10-16)7-4-8-17-11-15/h3,5-6H,4,7-11,16H2,1-2H3. The Balaban J connectivity index is 2.05. The predicted octanol–water partition coefficient (Wildman–Crippen LogP) is 2.33. The molecule has 18 heavy (non-hydrogen) atoms. The highest BCUT2D eigenvalue weighted by molar-refractivity contribution is 5.32. The number of nitrogens with two attached hydrogens (primary N) is 1. The smallest absolute Gasteiger partial charge is 0.104 e. The number of hydrogen-bond acceptors (Lipinski definition) is 3. The fourth-order valence-electron chi connectivity index (χ4n) is 2.46. The average molecular weight is 249 g/mol. The van der Waals surface area contributed by atoms with Crippen molar-refractivity contribution in [3.63, 3.8) is 0 Å². The van der Waals surface area contributed by atoms with Crippen molar-refractivity contribution in [1.29, 1.82) is 0 Å². The van der Waals surface area contributed by atoms with Crippen molar-refractivity contribution in [3.8, 4) is 0 Å². The van der Waals surface area contributed by atoms with E-state index in [1.165, 1.54) is 16.7 Å². The molecule has 100 valence electrons. The van der Waals surface area contributed by atoms with E-state index in [9.17, 15) is 0 Å². The highest BCUT2D eigenvalue weighted by atomic mass is 16.5. The maximum absolute atomic E-state index is 6.12. The summed E-state index contributed by atoms with van der Waals surface area (Å²) in [6.07, 6.45) is 2.03. The van der Waals surface area contributed by atoms with Crippen LogP contribution >= 0.6 is 0 Å². The number of aryl methyl sites for hydroxylation is 2. The van der Waals surface area contributed by atoms with Gasteiger partial charge in [-0.2, -0.15) is 0 Å². The van der Waals surface area contributed by atoms with Crippen LogP contribution < -0.4 is 5.73 Å². The molecule has 1 aliphatic rings. The molecule has 0 amide bonds. The van der Waals surface area contributed by atoms with E-state index in [4.69, 9.17) is 15.2 Å². The Morgan fingerprint density at radius 1 is 1.33 bits per heavy atom. The highest BCUT2D eigenvalue weighted by Crippen LogP contribution is 2.25. The molecule has 1 aliphatic heterocycles. The lowest BCUT2D eigenvalue weighted by atomic mass is 9.96. The summed E-state index contributed by atoms with van der Waals surface area (Å²) in [6, 6.07) is 6.33. The lowest BCUT2D eigenvalue weighted by molar-refractivity contribution is -0.130. The second-order valence-corrected chi connectivity index (χ2v) is 5.20. The minimum absolute atomic E-state index is 0.285. The molecule has 1 atom stereocenters. The molecule has 1 saturated heterocycles. The molecule has 0 bridgehead atoms. The molecule has 1 aromatic rings. The summed E-state index contributed by atoms with van der Waals surface area (Å²) in [5, 5.41) is 0. The van der Waals surface area contributed by atoms with Gasteiger partial charge in [0.05, 0.1) is 13.2 Å². The van der Waals surface area contributed by atoms with E-state index in [-0.39, 0.29) is 5.60 Å². The maximum atomic E-state index is 6.12. The fourth-order valence-corrected chi connectivity index (χ4v) is 2.46. The summed E-state index contributed by atoms with van der Waals surface area (Å²) in [7, 11) is 0. The van der Waals surface area contributed by atoms with Crippen LogP contribution in [0.25, 0.3) is 0 Å². The Morgan fingerprint density at radius 3 is 2.61 bits per heavy atom. The highest BCUT2D eigenvalue weighted by Gasteiger charge is 2.32. The third-order valence-electron chi connectivity index (χ3n) is 3.83. The van der Waals surface area contributed by atoms with Gasteiger partial charge in [-0.1, -0.05) is 18.2 Å². The van der Waals surface area contributed by atoms with E-state index >= 15 is 0 Å². The first-order valence-electron chi connectivity index (χ1n) is 6.64. The van der Waals surface area contributed by atoms with E-state index in [0.717, 1.165) is 19.4 Å². The molecule has 2 rings (SSSR count). The Hall–Kier alpha value is -0.900. The third-order valence-corrected chi connectivity index (χ3v) is 3.83. The molecule has 1 fully saturated rings. The molecule has 3 nitrogen and oxygen atoms in total. The monoisotopic (exact) mass is 249 g/mol. The summed E-state index contributed by atoms with van der Waals surface area (Å²) in [4.78, 5) is 0. The first-order chi connectivity index (χ1) is 8.67. The lowest BCUT2D eigenvalue weighted by Crippen LogP contribution is -2.47. The van der Waals surface area contributed by atoms with E-state index < -0.39 is 0 Å². The number of ether oxygens (including phenoxy) is 2. The topological polar surface area (TPSA) is 44.5 Å². The first-order valence-corrected chi connectivity index (χ1v) is 6.64. The summed E-state index contributed by atoms with van der Waals surface area (Å²) >= 11 is 0. The SMILES string of the molecule is Cc1cccc(C)c1COC1(CN)CCCOC1. The van der Waals surface area contributed by atoms with Crippen LogP contribution in [0, 0.1) is 13.8 Å². The van der Waals surface area contributed by atoms with Crippen LogP contribution in [0.4, 0.5) is 0 Å². The van der Waals surface area contributed by atoms with Crippen LogP contribution in [-0.4, -0.2) is 25.4 Å². The summed E-state index contributed by atoms with van der Waals surface area (Å²) < 4.78 is 11.6. The van der Waals surface area contributed by atoms with E-state index in [0.29, 0.717) is 19.8 Å². The minimum Gasteiger partial charge on any atom is -0.378 e. The zero-order chi connectivity index (χ0) is 13.0.